The predicted octanol–water partition coefficient (Wildman–Crippen LogP) is 1.98. The molecule has 0 aromatic carbocycles. The Morgan fingerprint density at radius 2 is 1.40 bits per heavy atom. The van der Waals surface area contributed by atoms with Gasteiger partial charge in [-0.15, -0.1) is 0 Å². The van der Waals surface area contributed by atoms with Crippen molar-refractivity contribution in [3.8, 4) is 0 Å². The summed E-state index contributed by atoms with van der Waals surface area (Å²) in [5.74, 6) is 1.87. The summed E-state index contributed by atoms with van der Waals surface area (Å²) in [6, 6.07) is 0. The highest BCUT2D eigenvalue weighted by Crippen LogP contribution is 2.21. The molecule has 0 radical (unpaired) electrons. The number of likely N-dealkylation sites (tertiary alicyclic amines) is 1. The van der Waals surface area contributed by atoms with Gasteiger partial charge in [0.15, 0.2) is 0 Å². The normalized spacial score (nSPS) is 37.5. The van der Waals surface area contributed by atoms with Crippen LogP contribution in [-0.4, -0.2) is 25.0 Å². The highest BCUT2D eigenvalue weighted by Gasteiger charge is 2.16. The number of hydrogen-bond acceptors (Lipinski definition) is 1. The molecule has 1 heterocycles. The van der Waals surface area contributed by atoms with Gasteiger partial charge >= 0.3 is 0 Å². The third kappa shape index (κ3) is 1.98. The molecule has 1 heteroatoms. The molecule has 1 rings (SSSR count). The maximum Gasteiger partial charge on any atom is -0.00191 e. The molecule has 1 nitrogen and oxygen atoms in total. The van der Waals surface area contributed by atoms with E-state index in [-0.39, 0.29) is 0 Å². The van der Waals surface area contributed by atoms with Crippen LogP contribution in [0.4, 0.5) is 0 Å². The second kappa shape index (κ2) is 3.38. The van der Waals surface area contributed by atoms with Gasteiger partial charge in [0.25, 0.3) is 0 Å². The molecule has 0 unspecified atom stereocenters. The summed E-state index contributed by atoms with van der Waals surface area (Å²) in [6.07, 6.45) is 2.77. The van der Waals surface area contributed by atoms with E-state index in [1.807, 2.05) is 0 Å². The maximum atomic E-state index is 2.44. The fourth-order valence-electron chi connectivity index (χ4n) is 1.53. The van der Waals surface area contributed by atoms with E-state index in [1.54, 1.807) is 0 Å². The molecule has 0 amide bonds. The van der Waals surface area contributed by atoms with Gasteiger partial charge in [-0.25, -0.2) is 0 Å². The first-order valence-corrected chi connectivity index (χ1v) is 4.38. The van der Waals surface area contributed by atoms with Crippen LogP contribution >= 0.6 is 0 Å². The Hall–Kier alpha value is -0.0400. The van der Waals surface area contributed by atoms with Gasteiger partial charge in [-0.2, -0.15) is 0 Å². The molecular weight excluding hydrogens is 122 g/mol. The van der Waals surface area contributed by atoms with E-state index in [0.29, 0.717) is 0 Å². The summed E-state index contributed by atoms with van der Waals surface area (Å²) in [6.45, 7) is 7.35. The van der Waals surface area contributed by atoms with Crippen LogP contribution in [0.1, 0.15) is 26.7 Å². The molecule has 1 saturated heterocycles. The average molecular weight is 141 g/mol. The maximum absolute atomic E-state index is 2.44. The summed E-state index contributed by atoms with van der Waals surface area (Å²) in [5, 5.41) is 0. The summed E-state index contributed by atoms with van der Waals surface area (Å²) in [7, 11) is 2.23. The van der Waals surface area contributed by atoms with Crippen LogP contribution in [0.5, 0.6) is 0 Å². The van der Waals surface area contributed by atoms with Gasteiger partial charge in [-0.3, -0.25) is 0 Å². The molecule has 0 N–H and O–H groups in total. The topological polar surface area (TPSA) is 3.24 Å². The summed E-state index contributed by atoms with van der Waals surface area (Å²) < 4.78 is 0. The monoisotopic (exact) mass is 141 g/mol. The van der Waals surface area contributed by atoms with E-state index < -0.39 is 0 Å². The van der Waals surface area contributed by atoms with E-state index in [4.69, 9.17) is 0 Å². The van der Waals surface area contributed by atoms with Crippen LogP contribution in [-0.2, 0) is 0 Å². The van der Waals surface area contributed by atoms with Crippen molar-refractivity contribution in [2.75, 3.05) is 20.1 Å². The highest BCUT2D eigenvalue weighted by molar-refractivity contribution is 4.69. The van der Waals surface area contributed by atoms with E-state index in [9.17, 15) is 0 Å². The second-order valence-corrected chi connectivity index (χ2v) is 3.84. The minimum atomic E-state index is 0.935. The lowest BCUT2D eigenvalue weighted by Gasteiger charge is -2.14. The lowest BCUT2D eigenvalue weighted by Crippen LogP contribution is -2.18. The molecule has 0 aliphatic carbocycles. The molecule has 60 valence electrons. The van der Waals surface area contributed by atoms with Crippen LogP contribution in [0.3, 0.4) is 0 Å². The lowest BCUT2D eigenvalue weighted by molar-refractivity contribution is 0.343. The molecule has 1 fully saturated rings. The lowest BCUT2D eigenvalue weighted by atomic mass is 9.92. The summed E-state index contributed by atoms with van der Waals surface area (Å²) >= 11 is 0. The minimum Gasteiger partial charge on any atom is -0.306 e. The van der Waals surface area contributed by atoms with Crippen molar-refractivity contribution < 1.29 is 0 Å². The van der Waals surface area contributed by atoms with Gasteiger partial charge in [0.1, 0.15) is 0 Å². The molecule has 0 aromatic heterocycles. The van der Waals surface area contributed by atoms with Gasteiger partial charge in [-0.05, 0) is 44.8 Å². The number of nitrogens with zero attached hydrogens (tertiary/aromatic N) is 1. The van der Waals surface area contributed by atoms with Crippen molar-refractivity contribution in [3.63, 3.8) is 0 Å². The molecular formula is C9H19N. The molecule has 0 spiro atoms. The second-order valence-electron chi connectivity index (χ2n) is 3.84. The Bertz CT molecular complexity index is 88.9. The van der Waals surface area contributed by atoms with Gasteiger partial charge in [0.05, 0.1) is 0 Å². The quantitative estimate of drug-likeness (QED) is 0.498. The number of rotatable bonds is 0. The van der Waals surface area contributed by atoms with Crippen molar-refractivity contribution in [1.29, 1.82) is 0 Å². The Morgan fingerprint density at radius 3 is 1.80 bits per heavy atom. The molecule has 2 atom stereocenters. The Kier molecular flexibility index (Phi) is 2.72. The van der Waals surface area contributed by atoms with Gasteiger partial charge in [0.2, 0.25) is 0 Å². The van der Waals surface area contributed by atoms with Gasteiger partial charge in [0, 0.05) is 0 Å². The SMILES string of the molecule is C[C@@H]1CCN(C)CC[C@H]1C. The summed E-state index contributed by atoms with van der Waals surface area (Å²) in [5.41, 5.74) is 0. The minimum absolute atomic E-state index is 0.935. The van der Waals surface area contributed by atoms with Crippen molar-refractivity contribution in [3.05, 3.63) is 0 Å². The zero-order valence-corrected chi connectivity index (χ0v) is 7.43. The third-order valence-corrected chi connectivity index (χ3v) is 2.90. The predicted molar refractivity (Wildman–Crippen MR) is 45.1 cm³/mol. The molecule has 0 bridgehead atoms. The van der Waals surface area contributed by atoms with Crippen molar-refractivity contribution in [1.82, 2.24) is 4.90 Å². The van der Waals surface area contributed by atoms with Crippen LogP contribution < -0.4 is 0 Å². The van der Waals surface area contributed by atoms with E-state index in [2.05, 4.69) is 25.8 Å². The Labute approximate surface area is 64.4 Å². The Morgan fingerprint density at radius 1 is 1.00 bits per heavy atom. The first kappa shape index (κ1) is 8.06. The van der Waals surface area contributed by atoms with Crippen LogP contribution in [0.2, 0.25) is 0 Å². The average Bonchev–Trinajstić information content (AvgIpc) is 2.04. The van der Waals surface area contributed by atoms with E-state index in [1.165, 1.54) is 25.9 Å². The van der Waals surface area contributed by atoms with Crippen LogP contribution in [0, 0.1) is 11.8 Å². The first-order chi connectivity index (χ1) is 4.70. The van der Waals surface area contributed by atoms with Crippen molar-refractivity contribution >= 4 is 0 Å². The molecule has 10 heavy (non-hydrogen) atoms. The summed E-state index contributed by atoms with van der Waals surface area (Å²) in [4.78, 5) is 2.44. The molecule has 1 aliphatic rings. The van der Waals surface area contributed by atoms with Crippen LogP contribution in [0.15, 0.2) is 0 Å². The largest absolute Gasteiger partial charge is 0.306 e. The van der Waals surface area contributed by atoms with E-state index in [0.717, 1.165) is 11.8 Å². The molecule has 1 aliphatic heterocycles. The van der Waals surface area contributed by atoms with Gasteiger partial charge in [-0.1, -0.05) is 13.8 Å². The fraction of sp³-hybridized carbons (Fsp3) is 1.00. The first-order valence-electron chi connectivity index (χ1n) is 4.38. The van der Waals surface area contributed by atoms with Crippen LogP contribution in [0.25, 0.3) is 0 Å². The fourth-order valence-corrected chi connectivity index (χ4v) is 1.53. The van der Waals surface area contributed by atoms with Gasteiger partial charge < -0.3 is 4.90 Å². The highest BCUT2D eigenvalue weighted by atomic mass is 15.1. The van der Waals surface area contributed by atoms with Crippen molar-refractivity contribution in [2.45, 2.75) is 26.7 Å². The number of hydrogen-bond donors (Lipinski definition) is 0. The third-order valence-electron chi connectivity index (χ3n) is 2.90. The standard InChI is InChI=1S/C9H19N/c1-8-4-6-10(3)7-5-9(8)2/h8-9H,4-7H2,1-3H3/t8-,9-/m1/s1. The zero-order valence-electron chi connectivity index (χ0n) is 7.43. The zero-order chi connectivity index (χ0) is 7.56. The molecule has 0 saturated carbocycles. The Balaban J connectivity index is 2.38. The smallest absolute Gasteiger partial charge is 0.00191 e. The molecule has 0 aromatic rings. The van der Waals surface area contributed by atoms with Crippen molar-refractivity contribution in [2.24, 2.45) is 11.8 Å². The van der Waals surface area contributed by atoms with E-state index >= 15 is 0 Å².